The number of hydrogen-bond donors (Lipinski definition) is 0. The number of oxime groups is 1. The monoisotopic (exact) mass is 193 g/mol. The van der Waals surface area contributed by atoms with Gasteiger partial charge in [-0.15, -0.1) is 0 Å². The van der Waals surface area contributed by atoms with E-state index in [1.54, 1.807) is 0 Å². The molecule has 0 aliphatic rings. The van der Waals surface area contributed by atoms with Gasteiger partial charge in [0.1, 0.15) is 5.71 Å². The number of Topliss-reactive ketones (excluding diaryl/α,β-unsaturated/α-hetero) is 1. The van der Waals surface area contributed by atoms with Crippen molar-refractivity contribution in [3.8, 4) is 0 Å². The zero-order valence-corrected chi connectivity index (χ0v) is 8.01. The highest BCUT2D eigenvalue weighted by Crippen LogP contribution is 1.94. The third kappa shape index (κ3) is 4.07. The van der Waals surface area contributed by atoms with Gasteiger partial charge in [0.05, 0.1) is 5.75 Å². The maximum absolute atomic E-state index is 10.7. The lowest BCUT2D eigenvalue weighted by atomic mass is 10.3. The lowest BCUT2D eigenvalue weighted by Crippen LogP contribution is -2.09. The van der Waals surface area contributed by atoms with Gasteiger partial charge in [-0.05, 0) is 13.8 Å². The predicted molar refractivity (Wildman–Crippen MR) is 44.3 cm³/mol. The molecular formula is C6H11NO4S. The number of carbonyl (C=O) groups is 1. The Kier molecular flexibility index (Phi) is 3.88. The lowest BCUT2D eigenvalue weighted by molar-refractivity contribution is -0.111. The highest BCUT2D eigenvalue weighted by molar-refractivity contribution is 7.86. The molecule has 12 heavy (non-hydrogen) atoms. The zero-order chi connectivity index (χ0) is 9.78. The molecule has 0 radical (unpaired) electrons. The Morgan fingerprint density at radius 3 is 2.25 bits per heavy atom. The van der Waals surface area contributed by atoms with E-state index in [2.05, 4.69) is 9.44 Å². The van der Waals surface area contributed by atoms with Crippen molar-refractivity contribution in [2.45, 2.75) is 20.8 Å². The van der Waals surface area contributed by atoms with Crippen molar-refractivity contribution in [2.24, 2.45) is 5.16 Å². The molecule has 70 valence electrons. The summed E-state index contributed by atoms with van der Waals surface area (Å²) in [6.45, 7) is 4.09. The van der Waals surface area contributed by atoms with Crippen LogP contribution < -0.4 is 0 Å². The minimum Gasteiger partial charge on any atom is -0.293 e. The van der Waals surface area contributed by atoms with Gasteiger partial charge in [0.25, 0.3) is 0 Å². The van der Waals surface area contributed by atoms with Crippen LogP contribution in [0, 0.1) is 0 Å². The summed E-state index contributed by atoms with van der Waals surface area (Å²) in [5.41, 5.74) is 0.0343. The first-order valence-electron chi connectivity index (χ1n) is 3.36. The predicted octanol–water partition coefficient (Wildman–Crippen LogP) is 0.318. The maximum Gasteiger partial charge on any atom is 0.328 e. The molecular weight excluding hydrogens is 182 g/mol. The second-order valence-corrected chi connectivity index (χ2v) is 4.00. The molecule has 0 saturated carbocycles. The zero-order valence-electron chi connectivity index (χ0n) is 7.20. The van der Waals surface area contributed by atoms with E-state index in [1.807, 2.05) is 0 Å². The van der Waals surface area contributed by atoms with E-state index < -0.39 is 10.1 Å². The average molecular weight is 193 g/mol. The molecule has 0 N–H and O–H groups in total. The first-order chi connectivity index (χ1) is 5.39. The highest BCUT2D eigenvalue weighted by Gasteiger charge is 2.07. The van der Waals surface area contributed by atoms with Crippen molar-refractivity contribution in [2.75, 3.05) is 5.75 Å². The smallest absolute Gasteiger partial charge is 0.293 e. The lowest BCUT2D eigenvalue weighted by Gasteiger charge is -1.97. The molecule has 0 atom stereocenters. The Bertz CT molecular complexity index is 291. The molecule has 5 nitrogen and oxygen atoms in total. The Morgan fingerprint density at radius 2 is 1.92 bits per heavy atom. The van der Waals surface area contributed by atoms with Crippen LogP contribution in [0.1, 0.15) is 20.8 Å². The Hall–Kier alpha value is -0.910. The van der Waals surface area contributed by atoms with Crippen LogP contribution in [0.4, 0.5) is 0 Å². The van der Waals surface area contributed by atoms with Crippen LogP contribution in [-0.4, -0.2) is 25.7 Å². The topological polar surface area (TPSA) is 72.8 Å². The van der Waals surface area contributed by atoms with Gasteiger partial charge in [0.15, 0.2) is 5.78 Å². The normalized spacial score (nSPS) is 12.8. The van der Waals surface area contributed by atoms with Crippen LogP contribution >= 0.6 is 0 Å². The minimum absolute atomic E-state index is 0.0343. The summed E-state index contributed by atoms with van der Waals surface area (Å²) < 4.78 is 25.5. The third-order valence-corrected chi connectivity index (χ3v) is 2.16. The summed E-state index contributed by atoms with van der Waals surface area (Å²) in [4.78, 5) is 10.5. The Balaban J connectivity index is 4.34. The van der Waals surface area contributed by atoms with Crippen LogP contribution in [0.3, 0.4) is 0 Å². The number of nitrogens with zero attached hydrogens (tertiary/aromatic N) is 1. The van der Waals surface area contributed by atoms with Gasteiger partial charge < -0.3 is 0 Å². The van der Waals surface area contributed by atoms with Gasteiger partial charge in [-0.3, -0.25) is 9.08 Å². The van der Waals surface area contributed by atoms with E-state index in [9.17, 15) is 13.2 Å². The molecule has 6 heteroatoms. The fraction of sp³-hybridized carbons (Fsp3) is 0.667. The molecule has 0 bridgehead atoms. The van der Waals surface area contributed by atoms with Gasteiger partial charge >= 0.3 is 10.1 Å². The van der Waals surface area contributed by atoms with Gasteiger partial charge in [-0.2, -0.15) is 8.42 Å². The van der Waals surface area contributed by atoms with Gasteiger partial charge in [0, 0.05) is 6.92 Å². The van der Waals surface area contributed by atoms with E-state index in [1.165, 1.54) is 20.8 Å². The standard InChI is InChI=1S/C6H11NO4S/c1-4-12(9,10)11-7-5(2)6(3)8/h4H2,1-3H3/b7-5+. The molecule has 0 fully saturated rings. The van der Waals surface area contributed by atoms with Crippen LogP contribution in [0.25, 0.3) is 0 Å². The van der Waals surface area contributed by atoms with E-state index in [0.29, 0.717) is 0 Å². The quantitative estimate of drug-likeness (QED) is 0.476. The molecule has 0 aromatic carbocycles. The van der Waals surface area contributed by atoms with Crippen molar-refractivity contribution in [1.29, 1.82) is 0 Å². The van der Waals surface area contributed by atoms with E-state index in [0.717, 1.165) is 0 Å². The molecule has 0 aliphatic carbocycles. The number of hydrogen-bond acceptors (Lipinski definition) is 5. The second kappa shape index (κ2) is 4.20. The molecule has 0 heterocycles. The van der Waals surface area contributed by atoms with E-state index in [4.69, 9.17) is 0 Å². The summed E-state index contributed by atoms with van der Waals surface area (Å²) >= 11 is 0. The Labute approximate surface area is 71.5 Å². The van der Waals surface area contributed by atoms with Crippen molar-refractivity contribution in [3.63, 3.8) is 0 Å². The summed E-state index contributed by atoms with van der Waals surface area (Å²) in [5, 5.41) is 3.15. The molecule has 0 unspecified atom stereocenters. The summed E-state index contributed by atoms with van der Waals surface area (Å²) in [7, 11) is -3.59. The van der Waals surface area contributed by atoms with Crippen LogP contribution in [0.2, 0.25) is 0 Å². The van der Waals surface area contributed by atoms with E-state index in [-0.39, 0.29) is 17.2 Å². The third-order valence-electron chi connectivity index (χ3n) is 1.15. The maximum atomic E-state index is 10.7. The van der Waals surface area contributed by atoms with Crippen molar-refractivity contribution in [3.05, 3.63) is 0 Å². The molecule has 0 aromatic heterocycles. The SMILES string of the molecule is CCS(=O)(=O)O/N=C(\C)C(C)=O. The molecule has 0 amide bonds. The fourth-order valence-electron chi connectivity index (χ4n) is 0.230. The largest absolute Gasteiger partial charge is 0.328 e. The number of carbonyl (C=O) groups excluding carboxylic acids is 1. The molecule has 0 spiro atoms. The molecule has 0 aromatic rings. The van der Waals surface area contributed by atoms with Gasteiger partial charge in [-0.1, -0.05) is 5.16 Å². The summed E-state index contributed by atoms with van der Waals surface area (Å²) in [6.07, 6.45) is 0. The first kappa shape index (κ1) is 11.1. The van der Waals surface area contributed by atoms with Crippen molar-refractivity contribution >= 4 is 21.6 Å². The molecule has 0 saturated heterocycles. The fourth-order valence-corrected chi connectivity index (χ4v) is 0.560. The van der Waals surface area contributed by atoms with Crippen molar-refractivity contribution in [1.82, 2.24) is 0 Å². The first-order valence-corrected chi connectivity index (χ1v) is 4.93. The Morgan fingerprint density at radius 1 is 1.42 bits per heavy atom. The minimum atomic E-state index is -3.59. The highest BCUT2D eigenvalue weighted by atomic mass is 32.2. The van der Waals surface area contributed by atoms with Crippen LogP contribution in [0.5, 0.6) is 0 Å². The number of ketones is 1. The summed E-state index contributed by atoms with van der Waals surface area (Å²) in [5.74, 6) is -0.483. The van der Waals surface area contributed by atoms with Crippen LogP contribution in [-0.2, 0) is 19.2 Å². The van der Waals surface area contributed by atoms with Crippen molar-refractivity contribution < 1.29 is 17.5 Å². The van der Waals surface area contributed by atoms with Gasteiger partial charge in [0.2, 0.25) is 0 Å². The molecule has 0 aliphatic heterocycles. The van der Waals surface area contributed by atoms with Crippen LogP contribution in [0.15, 0.2) is 5.16 Å². The second-order valence-electron chi connectivity index (χ2n) is 2.15. The average Bonchev–Trinajstić information content (AvgIpc) is 2.00. The van der Waals surface area contributed by atoms with Gasteiger partial charge in [-0.25, -0.2) is 0 Å². The summed E-state index contributed by atoms with van der Waals surface area (Å²) in [6, 6.07) is 0. The number of rotatable bonds is 4. The van der Waals surface area contributed by atoms with E-state index >= 15 is 0 Å². The molecule has 0 rings (SSSR count).